The lowest BCUT2D eigenvalue weighted by atomic mass is 10.1. The number of carbonyl (C=O) groups is 1. The molecule has 0 spiro atoms. The predicted octanol–water partition coefficient (Wildman–Crippen LogP) is 5.21. The molecule has 6 nitrogen and oxygen atoms in total. The molecule has 2 heterocycles. The van der Waals surface area contributed by atoms with Gasteiger partial charge in [-0.25, -0.2) is 4.98 Å². The summed E-state index contributed by atoms with van der Waals surface area (Å²) in [7, 11) is 0. The van der Waals surface area contributed by atoms with Crippen LogP contribution in [-0.2, 0) is 6.18 Å². The minimum Gasteiger partial charge on any atom is -0.493 e. The SMILES string of the molecule is Cc1cnc(-c2cc(OCC3CC3)cc(C(=O)NC(C)c3ccc(C(F)(F)F)nn3)c2)s1. The van der Waals surface area contributed by atoms with Gasteiger partial charge in [0.05, 0.1) is 18.3 Å². The molecule has 1 amide bonds. The molecule has 0 saturated heterocycles. The fourth-order valence-corrected chi connectivity index (χ4v) is 3.75. The number of alkyl halides is 3. The van der Waals surface area contributed by atoms with Gasteiger partial charge >= 0.3 is 6.18 Å². The van der Waals surface area contributed by atoms with Gasteiger partial charge < -0.3 is 10.1 Å². The van der Waals surface area contributed by atoms with Gasteiger partial charge in [-0.15, -0.1) is 16.4 Å². The van der Waals surface area contributed by atoms with Crippen molar-refractivity contribution in [2.24, 2.45) is 5.92 Å². The van der Waals surface area contributed by atoms with Gasteiger partial charge in [-0.05, 0) is 62.9 Å². The van der Waals surface area contributed by atoms with Crippen LogP contribution in [-0.4, -0.2) is 27.7 Å². The molecular formula is C22H21F3N4O2S. The average molecular weight is 462 g/mol. The predicted molar refractivity (Wildman–Crippen MR) is 113 cm³/mol. The highest BCUT2D eigenvalue weighted by atomic mass is 32.1. The van der Waals surface area contributed by atoms with Crippen LogP contribution in [0, 0.1) is 12.8 Å². The van der Waals surface area contributed by atoms with Crippen LogP contribution in [0.25, 0.3) is 10.6 Å². The molecule has 2 aromatic heterocycles. The van der Waals surface area contributed by atoms with Crippen LogP contribution in [0.4, 0.5) is 13.2 Å². The number of carbonyl (C=O) groups excluding carboxylic acids is 1. The maximum absolute atomic E-state index is 12.9. The van der Waals surface area contributed by atoms with Crippen molar-refractivity contribution in [3.05, 3.63) is 58.4 Å². The Morgan fingerprint density at radius 3 is 2.62 bits per heavy atom. The number of rotatable bonds is 7. The standard InChI is InChI=1S/C22H21F3N4O2S/c1-12-10-26-21(32-12)16-7-15(8-17(9-16)31-11-14-3-4-14)20(30)27-13(2)18-5-6-19(29-28-18)22(23,24)25/h5-10,13-14H,3-4,11H2,1-2H3,(H,27,30). The highest BCUT2D eigenvalue weighted by Crippen LogP contribution is 2.33. The van der Waals surface area contributed by atoms with Gasteiger partial charge in [-0.1, -0.05) is 0 Å². The quantitative estimate of drug-likeness (QED) is 0.522. The summed E-state index contributed by atoms with van der Waals surface area (Å²) in [5, 5.41) is 10.4. The van der Waals surface area contributed by atoms with Gasteiger partial charge in [0, 0.05) is 22.2 Å². The second-order valence-corrected chi connectivity index (χ2v) is 9.05. The summed E-state index contributed by atoms with van der Waals surface area (Å²) >= 11 is 1.51. The summed E-state index contributed by atoms with van der Waals surface area (Å²) in [5.41, 5.74) is 0.281. The number of aromatic nitrogens is 3. The number of nitrogens with one attached hydrogen (secondary N) is 1. The minimum atomic E-state index is -4.57. The molecule has 168 valence electrons. The van der Waals surface area contributed by atoms with E-state index in [4.69, 9.17) is 4.74 Å². The molecule has 4 rings (SSSR count). The number of nitrogens with zero attached hydrogens (tertiary/aromatic N) is 3. The third-order valence-electron chi connectivity index (χ3n) is 4.99. The molecular weight excluding hydrogens is 441 g/mol. The van der Waals surface area contributed by atoms with Gasteiger partial charge in [0.2, 0.25) is 0 Å². The largest absolute Gasteiger partial charge is 0.493 e. The lowest BCUT2D eigenvalue weighted by Crippen LogP contribution is -2.27. The number of amides is 1. The van der Waals surface area contributed by atoms with Crippen molar-refractivity contribution in [2.75, 3.05) is 6.61 Å². The van der Waals surface area contributed by atoms with E-state index in [9.17, 15) is 18.0 Å². The van der Waals surface area contributed by atoms with Crippen LogP contribution in [0.2, 0.25) is 0 Å². The fourth-order valence-electron chi connectivity index (χ4n) is 3.00. The number of hydrogen-bond donors (Lipinski definition) is 1. The third-order valence-corrected chi connectivity index (χ3v) is 5.95. The van der Waals surface area contributed by atoms with Crippen molar-refractivity contribution in [1.82, 2.24) is 20.5 Å². The van der Waals surface area contributed by atoms with E-state index in [1.54, 1.807) is 25.3 Å². The molecule has 0 bridgehead atoms. The first-order valence-electron chi connectivity index (χ1n) is 10.1. The molecule has 1 aliphatic rings. The van der Waals surface area contributed by atoms with Crippen LogP contribution in [0.1, 0.15) is 52.4 Å². The Balaban J connectivity index is 1.54. The van der Waals surface area contributed by atoms with Crippen molar-refractivity contribution < 1.29 is 22.7 Å². The van der Waals surface area contributed by atoms with Crippen molar-refractivity contribution in [3.8, 4) is 16.3 Å². The first kappa shape index (κ1) is 22.2. The molecule has 3 aromatic rings. The molecule has 0 aliphatic heterocycles. The normalized spacial score (nSPS) is 14.8. The van der Waals surface area contributed by atoms with Gasteiger partial charge in [0.25, 0.3) is 5.91 Å². The lowest BCUT2D eigenvalue weighted by Gasteiger charge is -2.15. The zero-order valence-electron chi connectivity index (χ0n) is 17.4. The molecule has 1 fully saturated rings. The maximum atomic E-state index is 12.9. The van der Waals surface area contributed by atoms with Gasteiger partial charge in [0.15, 0.2) is 5.69 Å². The first-order chi connectivity index (χ1) is 15.2. The number of ether oxygens (including phenoxy) is 1. The summed E-state index contributed by atoms with van der Waals surface area (Å²) in [6, 6.07) is 6.66. The Bertz CT molecular complexity index is 1110. The summed E-state index contributed by atoms with van der Waals surface area (Å²) in [6.07, 6.45) is -0.513. The monoisotopic (exact) mass is 462 g/mol. The van der Waals surface area contributed by atoms with E-state index in [0.717, 1.165) is 34.4 Å². The van der Waals surface area contributed by atoms with Gasteiger partial charge in [-0.3, -0.25) is 4.79 Å². The first-order valence-corrected chi connectivity index (χ1v) is 10.9. The number of aryl methyl sites for hydroxylation is 1. The average Bonchev–Trinajstić information content (AvgIpc) is 3.49. The summed E-state index contributed by atoms with van der Waals surface area (Å²) in [5.74, 6) is 0.733. The Morgan fingerprint density at radius 1 is 1.25 bits per heavy atom. The second-order valence-electron chi connectivity index (χ2n) is 7.81. The van der Waals surface area contributed by atoms with E-state index in [0.29, 0.717) is 23.8 Å². The minimum absolute atomic E-state index is 0.225. The molecule has 1 atom stereocenters. The zero-order valence-corrected chi connectivity index (χ0v) is 18.3. The lowest BCUT2D eigenvalue weighted by molar-refractivity contribution is -0.141. The van der Waals surface area contributed by atoms with E-state index >= 15 is 0 Å². The van der Waals surface area contributed by atoms with Crippen LogP contribution in [0.15, 0.2) is 36.5 Å². The number of halogens is 3. The Morgan fingerprint density at radius 2 is 2.03 bits per heavy atom. The van der Waals surface area contributed by atoms with E-state index in [1.165, 1.54) is 17.4 Å². The molecule has 1 aromatic carbocycles. The summed E-state index contributed by atoms with van der Waals surface area (Å²) < 4.78 is 44.0. The van der Waals surface area contributed by atoms with Crippen molar-refractivity contribution in [3.63, 3.8) is 0 Å². The molecule has 10 heteroatoms. The van der Waals surface area contributed by atoms with Gasteiger partial charge in [-0.2, -0.15) is 18.3 Å². The highest BCUT2D eigenvalue weighted by Gasteiger charge is 2.33. The molecule has 1 saturated carbocycles. The molecule has 0 radical (unpaired) electrons. The van der Waals surface area contributed by atoms with Crippen LogP contribution >= 0.6 is 11.3 Å². The number of benzene rings is 1. The Hall–Kier alpha value is -3.01. The van der Waals surface area contributed by atoms with Gasteiger partial charge in [0.1, 0.15) is 10.8 Å². The van der Waals surface area contributed by atoms with Crippen LogP contribution in [0.3, 0.4) is 0 Å². The van der Waals surface area contributed by atoms with E-state index in [1.807, 2.05) is 13.0 Å². The number of hydrogen-bond acceptors (Lipinski definition) is 6. The van der Waals surface area contributed by atoms with Crippen molar-refractivity contribution >= 4 is 17.2 Å². The topological polar surface area (TPSA) is 77.0 Å². The summed E-state index contributed by atoms with van der Waals surface area (Å²) in [6.45, 7) is 4.18. The Labute approximate surface area is 186 Å². The maximum Gasteiger partial charge on any atom is 0.435 e. The number of thiazole rings is 1. The highest BCUT2D eigenvalue weighted by molar-refractivity contribution is 7.14. The molecule has 32 heavy (non-hydrogen) atoms. The van der Waals surface area contributed by atoms with E-state index < -0.39 is 23.8 Å². The second kappa shape index (κ2) is 8.85. The smallest absolute Gasteiger partial charge is 0.435 e. The van der Waals surface area contributed by atoms with Crippen LogP contribution < -0.4 is 10.1 Å². The summed E-state index contributed by atoms with van der Waals surface area (Å²) in [4.78, 5) is 18.4. The van der Waals surface area contributed by atoms with Crippen molar-refractivity contribution in [1.29, 1.82) is 0 Å². The third kappa shape index (κ3) is 5.42. The fraction of sp³-hybridized carbons (Fsp3) is 0.364. The Kier molecular flexibility index (Phi) is 6.14. The van der Waals surface area contributed by atoms with E-state index in [2.05, 4.69) is 20.5 Å². The molecule has 1 unspecified atom stereocenters. The molecule has 1 aliphatic carbocycles. The van der Waals surface area contributed by atoms with Crippen molar-refractivity contribution in [2.45, 2.75) is 38.9 Å². The van der Waals surface area contributed by atoms with E-state index in [-0.39, 0.29) is 5.69 Å². The zero-order chi connectivity index (χ0) is 22.9. The molecule has 1 N–H and O–H groups in total. The van der Waals surface area contributed by atoms with Crippen LogP contribution in [0.5, 0.6) is 5.75 Å².